The van der Waals surface area contributed by atoms with Crippen molar-refractivity contribution in [2.24, 2.45) is 0 Å². The van der Waals surface area contributed by atoms with Gasteiger partial charge in [0.1, 0.15) is 0 Å². The molecule has 2 N–H and O–H groups in total. The van der Waals surface area contributed by atoms with E-state index in [1.165, 1.54) is 19.2 Å². The van der Waals surface area contributed by atoms with E-state index in [-0.39, 0.29) is 18.1 Å². The third-order valence-electron chi connectivity index (χ3n) is 3.46. The summed E-state index contributed by atoms with van der Waals surface area (Å²) in [5, 5.41) is 12.7. The van der Waals surface area contributed by atoms with Crippen LogP contribution >= 0.6 is 0 Å². The summed E-state index contributed by atoms with van der Waals surface area (Å²) in [6.07, 6.45) is 3.25. The molecule has 5 heteroatoms. The number of anilines is 1. The fourth-order valence-corrected chi connectivity index (χ4v) is 2.46. The molecule has 0 bridgehead atoms. The summed E-state index contributed by atoms with van der Waals surface area (Å²) in [7, 11) is 1.38. The van der Waals surface area contributed by atoms with Gasteiger partial charge in [-0.15, -0.1) is 0 Å². The van der Waals surface area contributed by atoms with Gasteiger partial charge in [0, 0.05) is 11.8 Å². The Morgan fingerprint density at radius 2 is 2.16 bits per heavy atom. The van der Waals surface area contributed by atoms with Crippen molar-refractivity contribution in [3.63, 3.8) is 0 Å². The van der Waals surface area contributed by atoms with Gasteiger partial charge in [-0.3, -0.25) is 4.79 Å². The fourth-order valence-electron chi connectivity index (χ4n) is 2.46. The largest absolute Gasteiger partial charge is 0.494 e. The molecule has 1 aromatic rings. The van der Waals surface area contributed by atoms with E-state index < -0.39 is 11.4 Å². The lowest BCUT2D eigenvalue weighted by atomic mass is 9.97. The van der Waals surface area contributed by atoms with Crippen LogP contribution in [-0.4, -0.2) is 23.7 Å². The van der Waals surface area contributed by atoms with Gasteiger partial charge < -0.3 is 15.2 Å². The number of hydrogen-bond acceptors (Lipinski definition) is 3. The van der Waals surface area contributed by atoms with Crippen LogP contribution in [0, 0.1) is 5.82 Å². The molecule has 0 unspecified atom stereocenters. The first-order chi connectivity index (χ1) is 9.02. The quantitative estimate of drug-likeness (QED) is 0.881. The zero-order chi connectivity index (χ0) is 13.9. The van der Waals surface area contributed by atoms with Gasteiger partial charge in [0.25, 0.3) is 0 Å². The number of methoxy groups -OCH3 is 1. The van der Waals surface area contributed by atoms with Crippen molar-refractivity contribution in [3.05, 3.63) is 24.0 Å². The van der Waals surface area contributed by atoms with E-state index in [1.807, 2.05) is 0 Å². The Labute approximate surface area is 111 Å². The van der Waals surface area contributed by atoms with Gasteiger partial charge in [-0.05, 0) is 25.0 Å². The maximum Gasteiger partial charge on any atom is 0.227 e. The Balaban J connectivity index is 1.97. The maximum absolute atomic E-state index is 13.5. The standard InChI is InChI=1S/C14H18FNO3/c1-19-12-5-4-10(8-11(12)15)16-13(17)9-14(18)6-2-3-7-14/h4-5,8,18H,2-3,6-7,9H2,1H3,(H,16,17). The van der Waals surface area contributed by atoms with Gasteiger partial charge in [-0.1, -0.05) is 12.8 Å². The predicted octanol–water partition coefficient (Wildman–Crippen LogP) is 2.47. The number of aliphatic hydroxyl groups is 1. The Kier molecular flexibility index (Phi) is 4.04. The first-order valence-corrected chi connectivity index (χ1v) is 6.38. The van der Waals surface area contributed by atoms with Gasteiger partial charge in [0.05, 0.1) is 19.1 Å². The summed E-state index contributed by atoms with van der Waals surface area (Å²) in [6, 6.07) is 4.23. The average Bonchev–Trinajstić information content (AvgIpc) is 2.75. The van der Waals surface area contributed by atoms with Gasteiger partial charge in [-0.25, -0.2) is 4.39 Å². The van der Waals surface area contributed by atoms with Gasteiger partial charge in [0.15, 0.2) is 11.6 Å². The number of halogens is 1. The second-order valence-electron chi connectivity index (χ2n) is 5.01. The van der Waals surface area contributed by atoms with Crippen LogP contribution < -0.4 is 10.1 Å². The Bertz CT molecular complexity index is 470. The van der Waals surface area contributed by atoms with Crippen molar-refractivity contribution < 1.29 is 19.0 Å². The lowest BCUT2D eigenvalue weighted by Crippen LogP contribution is -2.30. The lowest BCUT2D eigenvalue weighted by Gasteiger charge is -2.21. The van der Waals surface area contributed by atoms with Crippen LogP contribution in [0.4, 0.5) is 10.1 Å². The van der Waals surface area contributed by atoms with Crippen LogP contribution in [0.15, 0.2) is 18.2 Å². The molecule has 1 amide bonds. The smallest absolute Gasteiger partial charge is 0.227 e. The molecule has 0 heterocycles. The van der Waals surface area contributed by atoms with Crippen molar-refractivity contribution in [2.45, 2.75) is 37.7 Å². The molecule has 19 heavy (non-hydrogen) atoms. The van der Waals surface area contributed by atoms with Crippen molar-refractivity contribution in [3.8, 4) is 5.75 Å². The van der Waals surface area contributed by atoms with Crippen LogP contribution in [0.25, 0.3) is 0 Å². The molecule has 1 saturated carbocycles. The summed E-state index contributed by atoms with van der Waals surface area (Å²) in [6.45, 7) is 0. The van der Waals surface area contributed by atoms with E-state index in [0.717, 1.165) is 12.8 Å². The first kappa shape index (κ1) is 13.8. The Hall–Kier alpha value is -1.62. The number of rotatable bonds is 4. The molecule has 1 aliphatic carbocycles. The predicted molar refractivity (Wildman–Crippen MR) is 69.6 cm³/mol. The normalized spacial score (nSPS) is 17.2. The minimum Gasteiger partial charge on any atom is -0.494 e. The molecule has 2 rings (SSSR count). The number of carbonyl (C=O) groups is 1. The van der Waals surface area contributed by atoms with E-state index in [4.69, 9.17) is 4.74 Å². The molecular weight excluding hydrogens is 249 g/mol. The highest BCUT2D eigenvalue weighted by atomic mass is 19.1. The SMILES string of the molecule is COc1ccc(NC(=O)CC2(O)CCCC2)cc1F. The van der Waals surface area contributed by atoms with Crippen molar-refractivity contribution in [1.29, 1.82) is 0 Å². The minimum absolute atomic E-state index is 0.0562. The summed E-state index contributed by atoms with van der Waals surface area (Å²) < 4.78 is 18.3. The van der Waals surface area contributed by atoms with Crippen molar-refractivity contribution in [1.82, 2.24) is 0 Å². The molecule has 0 saturated heterocycles. The third kappa shape index (κ3) is 3.44. The summed E-state index contributed by atoms with van der Waals surface area (Å²) in [4.78, 5) is 11.8. The highest BCUT2D eigenvalue weighted by Crippen LogP contribution is 2.32. The van der Waals surface area contributed by atoms with Gasteiger partial charge >= 0.3 is 0 Å². The third-order valence-corrected chi connectivity index (χ3v) is 3.46. The van der Waals surface area contributed by atoms with Crippen molar-refractivity contribution >= 4 is 11.6 Å². The molecule has 0 radical (unpaired) electrons. The van der Waals surface area contributed by atoms with E-state index in [2.05, 4.69) is 5.32 Å². The molecule has 0 atom stereocenters. The van der Waals surface area contributed by atoms with Crippen LogP contribution in [0.3, 0.4) is 0 Å². The van der Waals surface area contributed by atoms with Crippen LogP contribution in [0.2, 0.25) is 0 Å². The lowest BCUT2D eigenvalue weighted by molar-refractivity contribution is -0.120. The maximum atomic E-state index is 13.5. The van der Waals surface area contributed by atoms with E-state index in [9.17, 15) is 14.3 Å². The number of benzene rings is 1. The van der Waals surface area contributed by atoms with E-state index in [1.54, 1.807) is 6.07 Å². The highest BCUT2D eigenvalue weighted by Gasteiger charge is 2.33. The minimum atomic E-state index is -0.894. The molecule has 1 aliphatic rings. The zero-order valence-electron chi connectivity index (χ0n) is 10.9. The number of hydrogen-bond donors (Lipinski definition) is 2. The van der Waals surface area contributed by atoms with Crippen LogP contribution in [-0.2, 0) is 4.79 Å². The number of nitrogens with one attached hydrogen (secondary N) is 1. The summed E-state index contributed by atoms with van der Waals surface area (Å²) in [5.74, 6) is -0.693. The molecule has 1 fully saturated rings. The first-order valence-electron chi connectivity index (χ1n) is 6.38. The number of ether oxygens (including phenoxy) is 1. The molecule has 4 nitrogen and oxygen atoms in total. The highest BCUT2D eigenvalue weighted by molar-refractivity contribution is 5.91. The second kappa shape index (κ2) is 5.57. The molecule has 0 aliphatic heterocycles. The van der Waals surface area contributed by atoms with Gasteiger partial charge in [-0.2, -0.15) is 0 Å². The van der Waals surface area contributed by atoms with E-state index in [0.29, 0.717) is 18.5 Å². The topological polar surface area (TPSA) is 58.6 Å². The second-order valence-corrected chi connectivity index (χ2v) is 5.01. The van der Waals surface area contributed by atoms with Crippen molar-refractivity contribution in [2.75, 3.05) is 12.4 Å². The Morgan fingerprint density at radius 1 is 1.47 bits per heavy atom. The van der Waals surface area contributed by atoms with Gasteiger partial charge in [0.2, 0.25) is 5.91 Å². The average molecular weight is 267 g/mol. The Morgan fingerprint density at radius 3 is 2.74 bits per heavy atom. The zero-order valence-corrected chi connectivity index (χ0v) is 10.9. The van der Waals surface area contributed by atoms with Crippen LogP contribution in [0.1, 0.15) is 32.1 Å². The number of carbonyl (C=O) groups excluding carboxylic acids is 1. The monoisotopic (exact) mass is 267 g/mol. The molecule has 104 valence electrons. The fraction of sp³-hybridized carbons (Fsp3) is 0.500. The van der Waals surface area contributed by atoms with E-state index >= 15 is 0 Å². The van der Waals surface area contributed by atoms with Crippen LogP contribution in [0.5, 0.6) is 5.75 Å². The molecule has 0 spiro atoms. The molecule has 0 aromatic heterocycles. The summed E-state index contributed by atoms with van der Waals surface area (Å²) >= 11 is 0. The molecular formula is C14H18FNO3. The summed E-state index contributed by atoms with van der Waals surface area (Å²) in [5.41, 5.74) is -0.528. The molecule has 1 aromatic carbocycles. The number of amides is 1.